The number of nitrogens with two attached hydrogens (primary N) is 1. The van der Waals surface area contributed by atoms with Crippen LogP contribution in [0.2, 0.25) is 0 Å². The van der Waals surface area contributed by atoms with Gasteiger partial charge in [-0.1, -0.05) is 18.6 Å². The third-order valence-electron chi connectivity index (χ3n) is 3.83. The topological polar surface area (TPSA) is 113 Å². The molecule has 6 nitrogen and oxygen atoms in total. The average molecular weight is 322 g/mol. The van der Waals surface area contributed by atoms with Gasteiger partial charge in [-0.2, -0.15) is 0 Å². The molecule has 0 heterocycles. The zero-order valence-corrected chi connectivity index (χ0v) is 13.3. The van der Waals surface area contributed by atoms with Crippen molar-refractivity contribution in [2.24, 2.45) is 11.7 Å². The Labute approximate surface area is 136 Å². The number of hydrogen-bond acceptors (Lipinski definition) is 5. The highest BCUT2D eigenvalue weighted by atomic mass is 16.3. The zero-order chi connectivity index (χ0) is 17.1. The second kappa shape index (κ2) is 10.7. The van der Waals surface area contributed by atoms with Crippen LogP contribution in [0.5, 0.6) is 5.75 Å². The highest BCUT2D eigenvalue weighted by molar-refractivity contribution is 5.79. The van der Waals surface area contributed by atoms with Gasteiger partial charge < -0.3 is 26.1 Å². The van der Waals surface area contributed by atoms with Crippen molar-refractivity contribution in [1.29, 1.82) is 0 Å². The van der Waals surface area contributed by atoms with E-state index in [1.807, 2.05) is 12.1 Å². The van der Waals surface area contributed by atoms with Crippen molar-refractivity contribution in [3.8, 4) is 5.75 Å². The molecule has 0 saturated heterocycles. The fourth-order valence-electron chi connectivity index (χ4n) is 2.31. The number of aldehydes is 1. The molecule has 1 aromatic carbocycles. The molecule has 0 aliphatic carbocycles. The van der Waals surface area contributed by atoms with Crippen molar-refractivity contribution in [3.63, 3.8) is 0 Å². The molecule has 0 spiro atoms. The SMILES string of the molecule is NCC(CO)C(C=O)NC(=O)CCCCCc1ccc(O)cc1. The van der Waals surface area contributed by atoms with Crippen molar-refractivity contribution in [2.45, 2.75) is 38.1 Å². The smallest absolute Gasteiger partial charge is 0.220 e. The molecule has 0 fully saturated rings. The van der Waals surface area contributed by atoms with Gasteiger partial charge >= 0.3 is 0 Å². The molecule has 0 radical (unpaired) electrons. The highest BCUT2D eigenvalue weighted by Crippen LogP contribution is 2.13. The van der Waals surface area contributed by atoms with E-state index in [1.165, 1.54) is 0 Å². The minimum atomic E-state index is -0.727. The van der Waals surface area contributed by atoms with Crippen molar-refractivity contribution >= 4 is 12.2 Å². The first-order chi connectivity index (χ1) is 11.1. The Bertz CT molecular complexity index is 472. The van der Waals surface area contributed by atoms with Gasteiger partial charge in [0.25, 0.3) is 0 Å². The number of rotatable bonds is 11. The lowest BCUT2D eigenvalue weighted by atomic mass is 10.0. The molecule has 0 aliphatic rings. The third kappa shape index (κ3) is 7.25. The van der Waals surface area contributed by atoms with Gasteiger partial charge in [0.2, 0.25) is 5.91 Å². The Morgan fingerprint density at radius 2 is 1.91 bits per heavy atom. The average Bonchev–Trinajstić information content (AvgIpc) is 2.56. The summed E-state index contributed by atoms with van der Waals surface area (Å²) in [5, 5.41) is 20.9. The van der Waals surface area contributed by atoms with Gasteiger partial charge in [-0.3, -0.25) is 4.79 Å². The van der Waals surface area contributed by atoms with Crippen LogP contribution >= 0.6 is 0 Å². The molecule has 5 N–H and O–H groups in total. The summed E-state index contributed by atoms with van der Waals surface area (Å²) >= 11 is 0. The van der Waals surface area contributed by atoms with Gasteiger partial charge in [-0.05, 0) is 43.5 Å². The molecule has 23 heavy (non-hydrogen) atoms. The van der Waals surface area contributed by atoms with E-state index in [4.69, 9.17) is 10.8 Å². The lowest BCUT2D eigenvalue weighted by molar-refractivity contribution is -0.125. The van der Waals surface area contributed by atoms with Crippen LogP contribution in [-0.2, 0) is 16.0 Å². The number of unbranched alkanes of at least 4 members (excludes halogenated alkanes) is 2. The maximum absolute atomic E-state index is 11.8. The number of carbonyl (C=O) groups excluding carboxylic acids is 2. The summed E-state index contributed by atoms with van der Waals surface area (Å²) in [4.78, 5) is 22.8. The Kier molecular flexibility index (Phi) is 8.94. The number of aryl methyl sites for hydroxylation is 1. The van der Waals surface area contributed by atoms with Crippen LogP contribution in [0.3, 0.4) is 0 Å². The number of phenols is 1. The van der Waals surface area contributed by atoms with Crippen LogP contribution in [0.15, 0.2) is 24.3 Å². The normalized spacial score (nSPS) is 13.3. The van der Waals surface area contributed by atoms with Gasteiger partial charge in [-0.25, -0.2) is 0 Å². The maximum atomic E-state index is 11.8. The van der Waals surface area contributed by atoms with E-state index in [-0.39, 0.29) is 24.8 Å². The Morgan fingerprint density at radius 3 is 2.48 bits per heavy atom. The van der Waals surface area contributed by atoms with Crippen LogP contribution in [0.1, 0.15) is 31.2 Å². The molecule has 1 amide bonds. The van der Waals surface area contributed by atoms with E-state index < -0.39 is 12.0 Å². The summed E-state index contributed by atoms with van der Waals surface area (Å²) in [6.07, 6.45) is 4.47. The first kappa shape index (κ1) is 19.1. The molecule has 1 rings (SSSR count). The number of hydrogen-bond donors (Lipinski definition) is 4. The van der Waals surface area contributed by atoms with Crippen LogP contribution in [-0.4, -0.2) is 41.6 Å². The second-order valence-electron chi connectivity index (χ2n) is 5.63. The predicted molar refractivity (Wildman–Crippen MR) is 87.9 cm³/mol. The van der Waals surface area contributed by atoms with Crippen LogP contribution in [0, 0.1) is 5.92 Å². The van der Waals surface area contributed by atoms with E-state index in [1.54, 1.807) is 12.1 Å². The van der Waals surface area contributed by atoms with E-state index in [0.29, 0.717) is 12.7 Å². The molecular formula is C17H26N2O4. The van der Waals surface area contributed by atoms with E-state index in [0.717, 1.165) is 31.2 Å². The third-order valence-corrected chi connectivity index (χ3v) is 3.83. The van der Waals surface area contributed by atoms with Gasteiger partial charge in [-0.15, -0.1) is 0 Å². The van der Waals surface area contributed by atoms with Crippen molar-refractivity contribution in [3.05, 3.63) is 29.8 Å². The lowest BCUT2D eigenvalue weighted by Gasteiger charge is -2.20. The van der Waals surface area contributed by atoms with E-state index in [9.17, 15) is 14.7 Å². The van der Waals surface area contributed by atoms with Crippen molar-refractivity contribution < 1.29 is 19.8 Å². The van der Waals surface area contributed by atoms with Gasteiger partial charge in [0.05, 0.1) is 6.04 Å². The van der Waals surface area contributed by atoms with Crippen LogP contribution in [0.25, 0.3) is 0 Å². The molecular weight excluding hydrogens is 296 g/mol. The highest BCUT2D eigenvalue weighted by Gasteiger charge is 2.20. The second-order valence-corrected chi connectivity index (χ2v) is 5.63. The number of nitrogens with one attached hydrogen (secondary N) is 1. The summed E-state index contributed by atoms with van der Waals surface area (Å²) in [5.74, 6) is -0.376. The summed E-state index contributed by atoms with van der Waals surface area (Å²) in [7, 11) is 0. The number of aromatic hydroxyl groups is 1. The van der Waals surface area contributed by atoms with E-state index in [2.05, 4.69) is 5.32 Å². The van der Waals surface area contributed by atoms with Gasteiger partial charge in [0.15, 0.2) is 0 Å². The molecule has 2 atom stereocenters. The minimum absolute atomic E-state index is 0.146. The fourth-order valence-corrected chi connectivity index (χ4v) is 2.31. The largest absolute Gasteiger partial charge is 0.508 e. The molecule has 6 heteroatoms. The molecule has 0 bridgehead atoms. The summed E-state index contributed by atoms with van der Waals surface area (Å²) in [6, 6.07) is 6.38. The summed E-state index contributed by atoms with van der Waals surface area (Å²) in [6.45, 7) is -0.0837. The fraction of sp³-hybridized carbons (Fsp3) is 0.529. The monoisotopic (exact) mass is 322 g/mol. The Hall–Kier alpha value is -1.92. The molecule has 128 valence electrons. The number of amides is 1. The molecule has 0 aliphatic heterocycles. The molecule has 0 saturated carbocycles. The predicted octanol–water partition coefficient (Wildman–Crippen LogP) is 0.746. The Balaban J connectivity index is 2.20. The molecule has 0 aromatic heterocycles. The molecule has 1 aromatic rings. The number of aliphatic hydroxyl groups is 1. The summed E-state index contributed by atoms with van der Waals surface area (Å²) in [5.41, 5.74) is 6.61. The van der Waals surface area contributed by atoms with Crippen molar-refractivity contribution in [2.75, 3.05) is 13.2 Å². The first-order valence-corrected chi connectivity index (χ1v) is 7.94. The van der Waals surface area contributed by atoms with Crippen LogP contribution in [0.4, 0.5) is 0 Å². The Morgan fingerprint density at radius 1 is 1.22 bits per heavy atom. The van der Waals surface area contributed by atoms with E-state index >= 15 is 0 Å². The first-order valence-electron chi connectivity index (χ1n) is 7.94. The zero-order valence-electron chi connectivity index (χ0n) is 13.3. The van der Waals surface area contributed by atoms with Gasteiger partial charge in [0.1, 0.15) is 12.0 Å². The van der Waals surface area contributed by atoms with Gasteiger partial charge in [0, 0.05) is 18.9 Å². The number of benzene rings is 1. The van der Waals surface area contributed by atoms with Crippen LogP contribution < -0.4 is 11.1 Å². The quantitative estimate of drug-likeness (QED) is 0.355. The maximum Gasteiger partial charge on any atom is 0.220 e. The molecule has 2 unspecified atom stereocenters. The lowest BCUT2D eigenvalue weighted by Crippen LogP contribution is -2.45. The number of phenolic OH excluding ortho intramolecular Hbond substituents is 1. The summed E-state index contributed by atoms with van der Waals surface area (Å²) < 4.78 is 0. The number of aliphatic hydroxyl groups excluding tert-OH is 1. The number of carbonyl (C=O) groups is 2. The standard InChI is InChI=1S/C17H26N2O4/c18-10-14(11-20)16(12-21)19-17(23)5-3-1-2-4-13-6-8-15(22)9-7-13/h6-9,12,14,16,20,22H,1-5,10-11,18H2,(H,19,23). The minimum Gasteiger partial charge on any atom is -0.508 e. The van der Waals surface area contributed by atoms with Crippen molar-refractivity contribution in [1.82, 2.24) is 5.32 Å².